The van der Waals surface area contributed by atoms with Crippen molar-refractivity contribution in [1.29, 1.82) is 0 Å². The van der Waals surface area contributed by atoms with Gasteiger partial charge in [0.2, 0.25) is 0 Å². The Bertz CT molecular complexity index is 439. The molecule has 0 radical (unpaired) electrons. The number of benzene rings is 1. The summed E-state index contributed by atoms with van der Waals surface area (Å²) >= 11 is 0. The van der Waals surface area contributed by atoms with Crippen molar-refractivity contribution in [2.75, 3.05) is 26.9 Å². The van der Waals surface area contributed by atoms with E-state index < -0.39 is 17.2 Å². The maximum atomic E-state index is 14.1. The Hall–Kier alpha value is -1.46. The summed E-state index contributed by atoms with van der Waals surface area (Å²) in [4.78, 5) is 12.3. The van der Waals surface area contributed by atoms with Crippen molar-refractivity contribution in [3.05, 3.63) is 35.6 Å². The molecule has 0 amide bonds. The molecule has 4 nitrogen and oxygen atoms in total. The number of carbonyl (C=O) groups excluding carboxylic acids is 1. The first-order valence-corrected chi connectivity index (χ1v) is 6.73. The number of hydrogen-bond acceptors (Lipinski definition) is 4. The smallest absolute Gasteiger partial charge is 0.317 e. The third-order valence-electron chi connectivity index (χ3n) is 3.36. The molecular weight excluding hydrogens is 261 g/mol. The first-order valence-electron chi connectivity index (χ1n) is 6.73. The summed E-state index contributed by atoms with van der Waals surface area (Å²) < 4.78 is 24.2. The number of halogens is 1. The van der Waals surface area contributed by atoms with Gasteiger partial charge in [0.05, 0.1) is 6.61 Å². The predicted octanol–water partition coefficient (Wildman–Crippen LogP) is 2.01. The van der Waals surface area contributed by atoms with Gasteiger partial charge in [0.1, 0.15) is 11.2 Å². The zero-order valence-corrected chi connectivity index (χ0v) is 12.0. The monoisotopic (exact) mass is 283 g/mol. The number of ether oxygens (including phenoxy) is 2. The number of nitrogens with two attached hydrogens (primary N) is 1. The Morgan fingerprint density at radius 2 is 2.10 bits per heavy atom. The second-order valence-corrected chi connectivity index (χ2v) is 4.58. The Morgan fingerprint density at radius 1 is 1.40 bits per heavy atom. The number of methoxy groups -OCH3 is 1. The molecule has 0 bridgehead atoms. The lowest BCUT2D eigenvalue weighted by atomic mass is 9.76. The van der Waals surface area contributed by atoms with Crippen LogP contribution in [0.4, 0.5) is 4.39 Å². The van der Waals surface area contributed by atoms with Gasteiger partial charge >= 0.3 is 5.97 Å². The molecule has 5 heteroatoms. The second kappa shape index (κ2) is 7.97. The molecule has 0 fully saturated rings. The highest BCUT2D eigenvalue weighted by atomic mass is 19.1. The van der Waals surface area contributed by atoms with Gasteiger partial charge in [-0.1, -0.05) is 18.2 Å². The Labute approximate surface area is 119 Å². The van der Waals surface area contributed by atoms with Crippen LogP contribution in [-0.2, 0) is 19.7 Å². The van der Waals surface area contributed by atoms with Crippen LogP contribution in [-0.4, -0.2) is 32.8 Å². The number of hydrogen-bond donors (Lipinski definition) is 1. The Morgan fingerprint density at radius 3 is 2.65 bits per heavy atom. The first kappa shape index (κ1) is 16.6. The highest BCUT2D eigenvalue weighted by molar-refractivity contribution is 5.83. The van der Waals surface area contributed by atoms with Crippen LogP contribution in [0.2, 0.25) is 0 Å². The van der Waals surface area contributed by atoms with Crippen LogP contribution in [0.5, 0.6) is 0 Å². The molecule has 1 aromatic carbocycles. The van der Waals surface area contributed by atoms with Gasteiger partial charge in [-0.05, 0) is 25.8 Å². The highest BCUT2D eigenvalue weighted by Crippen LogP contribution is 2.32. The van der Waals surface area contributed by atoms with E-state index in [-0.39, 0.29) is 18.7 Å². The average Bonchev–Trinajstić information content (AvgIpc) is 2.45. The lowest BCUT2D eigenvalue weighted by molar-refractivity contribution is -0.150. The molecule has 0 aromatic heterocycles. The highest BCUT2D eigenvalue weighted by Gasteiger charge is 2.41. The van der Waals surface area contributed by atoms with Gasteiger partial charge in [-0.25, -0.2) is 4.39 Å². The first-order chi connectivity index (χ1) is 9.62. The van der Waals surface area contributed by atoms with Crippen LogP contribution >= 0.6 is 0 Å². The number of rotatable bonds is 8. The van der Waals surface area contributed by atoms with Crippen molar-refractivity contribution >= 4 is 5.97 Å². The molecule has 2 N–H and O–H groups in total. The Kier molecular flexibility index (Phi) is 6.61. The molecule has 0 aliphatic carbocycles. The molecular formula is C15H22FNO3. The molecule has 1 rings (SSSR count). The van der Waals surface area contributed by atoms with Gasteiger partial charge in [-0.15, -0.1) is 0 Å². The molecule has 0 saturated carbocycles. The summed E-state index contributed by atoms with van der Waals surface area (Å²) in [5.74, 6) is -0.924. The quantitative estimate of drug-likeness (QED) is 0.585. The molecule has 1 aromatic rings. The van der Waals surface area contributed by atoms with Gasteiger partial charge in [0, 0.05) is 25.8 Å². The lowest BCUT2D eigenvalue weighted by Crippen LogP contribution is -2.45. The number of esters is 1. The minimum Gasteiger partial charge on any atom is -0.465 e. The maximum Gasteiger partial charge on any atom is 0.317 e. The fourth-order valence-corrected chi connectivity index (χ4v) is 2.28. The minimum atomic E-state index is -1.15. The van der Waals surface area contributed by atoms with Crippen molar-refractivity contribution in [3.8, 4) is 0 Å². The van der Waals surface area contributed by atoms with Gasteiger partial charge in [-0.3, -0.25) is 4.79 Å². The zero-order valence-electron chi connectivity index (χ0n) is 12.0. The van der Waals surface area contributed by atoms with Gasteiger partial charge in [0.25, 0.3) is 0 Å². The summed E-state index contributed by atoms with van der Waals surface area (Å²) in [6, 6.07) is 6.19. The second-order valence-electron chi connectivity index (χ2n) is 4.58. The standard InChI is InChI=1S/C15H22FNO3/c1-3-20-14(18)15(11-17,9-6-10-19-2)12-7-4-5-8-13(12)16/h4-5,7-8H,3,6,9-11,17H2,1-2H3. The van der Waals surface area contributed by atoms with E-state index in [4.69, 9.17) is 15.2 Å². The summed E-state index contributed by atoms with van der Waals surface area (Å²) in [5.41, 5.74) is 4.95. The van der Waals surface area contributed by atoms with E-state index in [2.05, 4.69) is 0 Å². The van der Waals surface area contributed by atoms with E-state index in [9.17, 15) is 9.18 Å². The van der Waals surface area contributed by atoms with Crippen molar-refractivity contribution in [1.82, 2.24) is 0 Å². The summed E-state index contributed by atoms with van der Waals surface area (Å²) in [6.07, 6.45) is 0.984. The van der Waals surface area contributed by atoms with E-state index in [1.807, 2.05) is 0 Å². The lowest BCUT2D eigenvalue weighted by Gasteiger charge is -2.31. The summed E-state index contributed by atoms with van der Waals surface area (Å²) in [5, 5.41) is 0. The molecule has 0 saturated heterocycles. The third-order valence-corrected chi connectivity index (χ3v) is 3.36. The molecule has 1 unspecified atom stereocenters. The van der Waals surface area contributed by atoms with Crippen molar-refractivity contribution in [2.45, 2.75) is 25.2 Å². The largest absolute Gasteiger partial charge is 0.465 e. The molecule has 0 aliphatic rings. The van der Waals surface area contributed by atoms with Crippen LogP contribution in [0.15, 0.2) is 24.3 Å². The van der Waals surface area contributed by atoms with Crippen molar-refractivity contribution < 1.29 is 18.7 Å². The minimum absolute atomic E-state index is 0.00349. The van der Waals surface area contributed by atoms with Crippen molar-refractivity contribution in [3.63, 3.8) is 0 Å². The van der Waals surface area contributed by atoms with E-state index in [1.165, 1.54) is 6.07 Å². The van der Waals surface area contributed by atoms with Crippen LogP contribution in [0.3, 0.4) is 0 Å². The van der Waals surface area contributed by atoms with E-state index in [1.54, 1.807) is 32.2 Å². The van der Waals surface area contributed by atoms with Gasteiger partial charge < -0.3 is 15.2 Å². The molecule has 20 heavy (non-hydrogen) atoms. The third kappa shape index (κ3) is 3.55. The van der Waals surface area contributed by atoms with Crippen LogP contribution in [0, 0.1) is 5.82 Å². The zero-order chi connectivity index (χ0) is 15.0. The SMILES string of the molecule is CCOC(=O)C(CN)(CCCOC)c1ccccc1F. The number of carbonyl (C=O) groups is 1. The predicted molar refractivity (Wildman–Crippen MR) is 74.9 cm³/mol. The van der Waals surface area contributed by atoms with E-state index in [0.717, 1.165) is 0 Å². The fraction of sp³-hybridized carbons (Fsp3) is 0.533. The topological polar surface area (TPSA) is 61.5 Å². The van der Waals surface area contributed by atoms with Crippen molar-refractivity contribution in [2.24, 2.45) is 5.73 Å². The van der Waals surface area contributed by atoms with Crippen LogP contribution in [0.25, 0.3) is 0 Å². The van der Waals surface area contributed by atoms with Gasteiger partial charge in [0.15, 0.2) is 0 Å². The summed E-state index contributed by atoms with van der Waals surface area (Å²) in [7, 11) is 1.58. The van der Waals surface area contributed by atoms with Gasteiger partial charge in [-0.2, -0.15) is 0 Å². The van der Waals surface area contributed by atoms with E-state index in [0.29, 0.717) is 19.4 Å². The van der Waals surface area contributed by atoms with E-state index >= 15 is 0 Å². The normalized spacial score (nSPS) is 13.8. The molecule has 112 valence electrons. The molecule has 0 aliphatic heterocycles. The molecule has 1 atom stereocenters. The summed E-state index contributed by atoms with van der Waals surface area (Å²) in [6.45, 7) is 2.43. The maximum absolute atomic E-state index is 14.1. The van der Waals surface area contributed by atoms with Crippen LogP contribution < -0.4 is 5.73 Å². The molecule has 0 spiro atoms. The van der Waals surface area contributed by atoms with Crippen LogP contribution in [0.1, 0.15) is 25.3 Å². The Balaban J connectivity index is 3.16. The average molecular weight is 283 g/mol. The fourth-order valence-electron chi connectivity index (χ4n) is 2.28. The molecule has 0 heterocycles.